The van der Waals surface area contributed by atoms with Gasteiger partial charge in [0.1, 0.15) is 13.2 Å². The number of fused-ring (bicyclic) bond motifs is 2. The number of carbonyl (C=O) groups is 1. The molecule has 0 radical (unpaired) electrons. The van der Waals surface area contributed by atoms with Crippen LogP contribution in [0.4, 0.5) is 0 Å². The summed E-state index contributed by atoms with van der Waals surface area (Å²) in [5.41, 5.74) is 1.09. The van der Waals surface area contributed by atoms with Crippen LogP contribution in [0.15, 0.2) is 23.0 Å². The minimum Gasteiger partial charge on any atom is -0.486 e. The second-order valence-corrected chi connectivity index (χ2v) is 5.90. The number of carbonyl (C=O) groups excluding carboxylic acids is 1. The quantitative estimate of drug-likeness (QED) is 0.740. The summed E-state index contributed by atoms with van der Waals surface area (Å²) >= 11 is 0. The van der Waals surface area contributed by atoms with Gasteiger partial charge in [-0.15, -0.1) is 0 Å². The summed E-state index contributed by atoms with van der Waals surface area (Å²) in [5, 5.41) is 3.68. The maximum atomic E-state index is 12.2. The summed E-state index contributed by atoms with van der Waals surface area (Å²) in [6, 6.07) is 5.44. The van der Waals surface area contributed by atoms with Gasteiger partial charge in [-0.25, -0.2) is 0 Å². The minimum atomic E-state index is -0.184. The lowest BCUT2D eigenvalue weighted by molar-refractivity contribution is -0.121. The van der Waals surface area contributed by atoms with Gasteiger partial charge < -0.3 is 24.5 Å². The molecule has 0 fully saturated rings. The van der Waals surface area contributed by atoms with E-state index in [1.807, 2.05) is 12.1 Å². The van der Waals surface area contributed by atoms with Crippen LogP contribution in [0.5, 0.6) is 11.5 Å². The number of hydrogen-bond donors (Lipinski definition) is 2. The molecule has 7 heteroatoms. The Morgan fingerprint density at radius 3 is 2.76 bits per heavy atom. The van der Waals surface area contributed by atoms with Crippen molar-refractivity contribution in [2.24, 2.45) is 0 Å². The molecule has 1 amide bonds. The highest BCUT2D eigenvalue weighted by atomic mass is 16.6. The van der Waals surface area contributed by atoms with Gasteiger partial charge >= 0.3 is 0 Å². The fourth-order valence-electron chi connectivity index (χ4n) is 2.75. The van der Waals surface area contributed by atoms with E-state index < -0.39 is 0 Å². The van der Waals surface area contributed by atoms with E-state index in [1.54, 1.807) is 13.2 Å². The molecule has 0 unspecified atom stereocenters. The number of aryl methyl sites for hydroxylation is 1. The summed E-state index contributed by atoms with van der Waals surface area (Å²) < 4.78 is 16.0. The highest BCUT2D eigenvalue weighted by Gasteiger charge is 2.14. The maximum absolute atomic E-state index is 12.2. The van der Waals surface area contributed by atoms with E-state index in [-0.39, 0.29) is 17.9 Å². The number of H-pyrrole nitrogens is 1. The molecule has 7 nitrogen and oxygen atoms in total. The average Bonchev–Trinajstić information content (AvgIpc) is 2.62. The predicted molar refractivity (Wildman–Crippen MR) is 93.4 cm³/mol. The first-order valence-electron chi connectivity index (χ1n) is 8.38. The van der Waals surface area contributed by atoms with E-state index in [0.717, 1.165) is 11.8 Å². The zero-order chi connectivity index (χ0) is 17.6. The number of methoxy groups -OCH3 is 1. The summed E-state index contributed by atoms with van der Waals surface area (Å²) in [6.07, 6.45) is 1.42. The number of hydrogen-bond acceptors (Lipinski definition) is 5. The molecule has 2 N–H and O–H groups in total. The van der Waals surface area contributed by atoms with Crippen LogP contribution in [0.1, 0.15) is 18.4 Å². The van der Waals surface area contributed by atoms with Crippen LogP contribution in [0.3, 0.4) is 0 Å². The Bertz CT molecular complexity index is 815. The normalized spacial score (nSPS) is 13.0. The molecule has 25 heavy (non-hydrogen) atoms. The Labute approximate surface area is 145 Å². The van der Waals surface area contributed by atoms with Crippen molar-refractivity contribution in [1.82, 2.24) is 10.3 Å². The molecule has 3 rings (SSSR count). The molecule has 0 bridgehead atoms. The Balaban J connectivity index is 1.68. The summed E-state index contributed by atoms with van der Waals surface area (Å²) in [7, 11) is 1.63. The van der Waals surface area contributed by atoms with Gasteiger partial charge in [-0.2, -0.15) is 0 Å². The standard InChI is InChI=1S/C18H22N2O5/c1-23-6-2-5-19-17(21)4-3-12-9-13-10-15-16(25-8-7-24-15)11-14(13)20-18(12)22/h9-11H,2-8H2,1H3,(H,19,21)(H,20,22). The van der Waals surface area contributed by atoms with Crippen molar-refractivity contribution >= 4 is 16.8 Å². The van der Waals surface area contributed by atoms with Crippen LogP contribution in [0, 0.1) is 0 Å². The molecule has 1 aromatic heterocycles. The van der Waals surface area contributed by atoms with Gasteiger partial charge in [-0.05, 0) is 25.0 Å². The molecule has 0 saturated carbocycles. The molecule has 1 aromatic carbocycles. The maximum Gasteiger partial charge on any atom is 0.251 e. The third-order valence-electron chi connectivity index (χ3n) is 4.05. The van der Waals surface area contributed by atoms with Gasteiger partial charge in [0.05, 0.1) is 5.52 Å². The number of pyridine rings is 1. The van der Waals surface area contributed by atoms with Gasteiger partial charge in [0.25, 0.3) is 5.56 Å². The van der Waals surface area contributed by atoms with Crippen LogP contribution in [0.2, 0.25) is 0 Å². The monoisotopic (exact) mass is 346 g/mol. The minimum absolute atomic E-state index is 0.0715. The van der Waals surface area contributed by atoms with Crippen molar-refractivity contribution < 1.29 is 19.0 Å². The van der Waals surface area contributed by atoms with Crippen molar-refractivity contribution in [3.63, 3.8) is 0 Å². The van der Waals surface area contributed by atoms with Gasteiger partial charge in [0.15, 0.2) is 11.5 Å². The second-order valence-electron chi connectivity index (χ2n) is 5.90. The molecular weight excluding hydrogens is 324 g/mol. The Kier molecular flexibility index (Phi) is 5.55. The van der Waals surface area contributed by atoms with E-state index in [1.165, 1.54) is 0 Å². The van der Waals surface area contributed by atoms with E-state index >= 15 is 0 Å². The molecule has 0 aliphatic carbocycles. The molecular formula is C18H22N2O5. The smallest absolute Gasteiger partial charge is 0.251 e. The predicted octanol–water partition coefficient (Wildman–Crippen LogP) is 1.38. The molecule has 1 aliphatic rings. The number of aromatic nitrogens is 1. The molecule has 0 atom stereocenters. The third-order valence-corrected chi connectivity index (χ3v) is 4.05. The van der Waals surface area contributed by atoms with Gasteiger partial charge in [-0.3, -0.25) is 9.59 Å². The molecule has 0 saturated heterocycles. The van der Waals surface area contributed by atoms with Crippen LogP contribution in [-0.4, -0.2) is 44.4 Å². The third kappa shape index (κ3) is 4.30. The Morgan fingerprint density at radius 1 is 1.24 bits per heavy atom. The van der Waals surface area contributed by atoms with Crippen molar-refractivity contribution in [3.8, 4) is 11.5 Å². The summed E-state index contributed by atoms with van der Waals surface area (Å²) in [6.45, 7) is 2.20. The number of nitrogens with one attached hydrogen (secondary N) is 2. The fourth-order valence-corrected chi connectivity index (χ4v) is 2.75. The van der Waals surface area contributed by atoms with E-state index in [4.69, 9.17) is 14.2 Å². The van der Waals surface area contributed by atoms with E-state index in [0.29, 0.717) is 55.4 Å². The van der Waals surface area contributed by atoms with E-state index in [2.05, 4.69) is 10.3 Å². The second kappa shape index (κ2) is 8.02. The largest absolute Gasteiger partial charge is 0.486 e. The summed E-state index contributed by atoms with van der Waals surface area (Å²) in [5.74, 6) is 1.24. The number of benzene rings is 1. The van der Waals surface area contributed by atoms with Gasteiger partial charge in [-0.1, -0.05) is 0 Å². The lowest BCUT2D eigenvalue weighted by Crippen LogP contribution is -2.26. The average molecular weight is 346 g/mol. The first kappa shape index (κ1) is 17.3. The topological polar surface area (TPSA) is 89.7 Å². The zero-order valence-corrected chi connectivity index (χ0v) is 14.2. The van der Waals surface area contributed by atoms with Crippen LogP contribution in [-0.2, 0) is 16.0 Å². The van der Waals surface area contributed by atoms with Crippen molar-refractivity contribution in [2.45, 2.75) is 19.3 Å². The Hall–Kier alpha value is -2.54. The first-order chi connectivity index (χ1) is 12.2. The number of amides is 1. The molecule has 134 valence electrons. The highest BCUT2D eigenvalue weighted by molar-refractivity contribution is 5.83. The SMILES string of the molecule is COCCCNC(=O)CCc1cc2cc3c(cc2[nH]c1=O)OCCO3. The molecule has 0 spiro atoms. The van der Waals surface area contributed by atoms with Crippen LogP contribution < -0.4 is 20.3 Å². The number of aromatic amines is 1. The molecule has 2 heterocycles. The zero-order valence-electron chi connectivity index (χ0n) is 14.2. The van der Waals surface area contributed by atoms with Crippen LogP contribution in [0.25, 0.3) is 10.9 Å². The lowest BCUT2D eigenvalue weighted by atomic mass is 10.1. The van der Waals surface area contributed by atoms with Crippen molar-refractivity contribution in [1.29, 1.82) is 0 Å². The molecule has 1 aliphatic heterocycles. The molecule has 2 aromatic rings. The van der Waals surface area contributed by atoms with Gasteiger partial charge in [0.2, 0.25) is 5.91 Å². The van der Waals surface area contributed by atoms with Crippen LogP contribution >= 0.6 is 0 Å². The highest BCUT2D eigenvalue weighted by Crippen LogP contribution is 2.33. The summed E-state index contributed by atoms with van der Waals surface area (Å²) in [4.78, 5) is 26.9. The number of rotatable bonds is 7. The van der Waals surface area contributed by atoms with E-state index in [9.17, 15) is 9.59 Å². The number of ether oxygens (including phenoxy) is 3. The Morgan fingerprint density at radius 2 is 2.00 bits per heavy atom. The van der Waals surface area contributed by atoms with Crippen molar-refractivity contribution in [2.75, 3.05) is 33.5 Å². The first-order valence-corrected chi connectivity index (χ1v) is 8.38. The van der Waals surface area contributed by atoms with Crippen molar-refractivity contribution in [3.05, 3.63) is 34.1 Å². The lowest BCUT2D eigenvalue weighted by Gasteiger charge is -2.18. The fraction of sp³-hybridized carbons (Fsp3) is 0.444. The van der Waals surface area contributed by atoms with Gasteiger partial charge in [0, 0.05) is 43.7 Å².